The van der Waals surface area contributed by atoms with E-state index in [4.69, 9.17) is 4.74 Å². The van der Waals surface area contributed by atoms with Crippen molar-refractivity contribution in [3.63, 3.8) is 0 Å². The molecule has 0 spiro atoms. The second-order valence-electron chi connectivity index (χ2n) is 7.56. The molecule has 0 aliphatic rings. The summed E-state index contributed by atoms with van der Waals surface area (Å²) >= 11 is 0. The maximum atomic E-state index is 12.4. The molecule has 2 amide bonds. The number of nitrogens with zero attached hydrogens (tertiary/aromatic N) is 2. The van der Waals surface area contributed by atoms with Crippen molar-refractivity contribution in [2.24, 2.45) is 0 Å². The number of anilines is 1. The lowest BCUT2D eigenvalue weighted by Gasteiger charge is -2.21. The van der Waals surface area contributed by atoms with Crippen LogP contribution in [0.3, 0.4) is 0 Å². The molecule has 0 heterocycles. The summed E-state index contributed by atoms with van der Waals surface area (Å²) in [5, 5.41) is 0. The predicted molar refractivity (Wildman–Crippen MR) is 128 cm³/mol. The van der Waals surface area contributed by atoms with Gasteiger partial charge in [0.05, 0.1) is 10.5 Å². The largest absolute Gasteiger partial charge is 0.452 e. The summed E-state index contributed by atoms with van der Waals surface area (Å²) in [6, 6.07) is 11.0. The number of aryl methyl sites for hydroxylation is 1. The molecule has 2 aromatic carbocycles. The van der Waals surface area contributed by atoms with Crippen LogP contribution in [0.1, 0.15) is 40.1 Å². The third kappa shape index (κ3) is 6.55. The molecule has 0 saturated carbocycles. The van der Waals surface area contributed by atoms with Gasteiger partial charge in [-0.1, -0.05) is 6.07 Å². The van der Waals surface area contributed by atoms with Crippen molar-refractivity contribution in [2.45, 2.75) is 25.7 Å². The average molecular weight is 491 g/mol. The van der Waals surface area contributed by atoms with Gasteiger partial charge in [-0.05, 0) is 62.7 Å². The van der Waals surface area contributed by atoms with Crippen molar-refractivity contribution >= 4 is 33.5 Å². The first-order valence-corrected chi connectivity index (χ1v) is 12.1. The lowest BCUT2D eigenvalue weighted by Crippen LogP contribution is -2.43. The monoisotopic (exact) mass is 490 g/mol. The number of carbonyl (C=O) groups is 3. The van der Waals surface area contributed by atoms with Crippen LogP contribution in [0, 0.1) is 6.92 Å². The molecule has 34 heavy (non-hydrogen) atoms. The number of amides is 2. The van der Waals surface area contributed by atoms with Crippen molar-refractivity contribution in [1.82, 2.24) is 15.2 Å². The van der Waals surface area contributed by atoms with Gasteiger partial charge in [0, 0.05) is 38.4 Å². The highest BCUT2D eigenvalue weighted by atomic mass is 32.2. The topological polar surface area (TPSA) is 125 Å². The summed E-state index contributed by atoms with van der Waals surface area (Å²) in [6.45, 7) is 6.71. The van der Waals surface area contributed by atoms with E-state index in [1.807, 2.05) is 26.0 Å². The highest BCUT2D eigenvalue weighted by Gasteiger charge is 2.21. The highest BCUT2D eigenvalue weighted by molar-refractivity contribution is 7.89. The summed E-state index contributed by atoms with van der Waals surface area (Å²) in [5.74, 6) is -2.14. The molecule has 184 valence electrons. The number of benzene rings is 2. The Labute approximate surface area is 199 Å². The summed E-state index contributed by atoms with van der Waals surface area (Å²) < 4.78 is 30.6. The average Bonchev–Trinajstić information content (AvgIpc) is 2.82. The Kier molecular flexibility index (Phi) is 9.16. The zero-order valence-corrected chi connectivity index (χ0v) is 20.7. The van der Waals surface area contributed by atoms with Crippen LogP contribution in [-0.2, 0) is 19.6 Å². The Morgan fingerprint density at radius 1 is 0.941 bits per heavy atom. The molecule has 0 aliphatic carbocycles. The fraction of sp³-hybridized carbons (Fsp3) is 0.348. The molecule has 0 fully saturated rings. The van der Waals surface area contributed by atoms with Crippen molar-refractivity contribution in [3.8, 4) is 0 Å². The minimum Gasteiger partial charge on any atom is -0.452 e. The smallest absolute Gasteiger partial charge is 0.338 e. The van der Waals surface area contributed by atoms with Gasteiger partial charge in [0.15, 0.2) is 6.61 Å². The van der Waals surface area contributed by atoms with Crippen LogP contribution in [0.15, 0.2) is 47.4 Å². The van der Waals surface area contributed by atoms with E-state index in [0.717, 1.165) is 23.1 Å². The zero-order valence-electron chi connectivity index (χ0n) is 19.9. The van der Waals surface area contributed by atoms with E-state index in [1.165, 1.54) is 32.3 Å². The van der Waals surface area contributed by atoms with Crippen LogP contribution >= 0.6 is 0 Å². The normalized spacial score (nSPS) is 11.1. The Hall–Kier alpha value is -3.44. The van der Waals surface area contributed by atoms with E-state index in [1.54, 1.807) is 19.1 Å². The van der Waals surface area contributed by atoms with Crippen molar-refractivity contribution in [1.29, 1.82) is 0 Å². The number of sulfonamides is 1. The van der Waals surface area contributed by atoms with Crippen LogP contribution in [-0.4, -0.2) is 64.3 Å². The van der Waals surface area contributed by atoms with Crippen molar-refractivity contribution in [2.75, 3.05) is 38.7 Å². The quantitative estimate of drug-likeness (QED) is 0.405. The van der Waals surface area contributed by atoms with Crippen LogP contribution in [0.5, 0.6) is 0 Å². The molecule has 0 bridgehead atoms. The molecule has 2 N–H and O–H groups in total. The van der Waals surface area contributed by atoms with Crippen LogP contribution in [0.25, 0.3) is 0 Å². The summed E-state index contributed by atoms with van der Waals surface area (Å²) in [7, 11) is -0.980. The molecular formula is C23H30N4O6S. The third-order valence-electron chi connectivity index (χ3n) is 5.12. The Bertz CT molecular complexity index is 1140. The molecule has 0 unspecified atom stereocenters. The minimum atomic E-state index is -3.74. The SMILES string of the molecule is CCN(CC)c1ccc(C(=O)NNC(=O)COC(=O)c2cc(S(=O)(=O)N(C)C)ccc2C)cc1. The number of hydrogen-bond donors (Lipinski definition) is 2. The fourth-order valence-corrected chi connectivity index (χ4v) is 3.98. The van der Waals surface area contributed by atoms with Gasteiger partial charge in [-0.3, -0.25) is 20.4 Å². The number of ether oxygens (including phenoxy) is 1. The maximum Gasteiger partial charge on any atom is 0.338 e. The number of esters is 1. The number of rotatable bonds is 9. The summed E-state index contributed by atoms with van der Waals surface area (Å²) in [6.07, 6.45) is 0. The first-order valence-electron chi connectivity index (χ1n) is 10.7. The second kappa shape index (κ2) is 11.6. The molecule has 11 heteroatoms. The Morgan fingerprint density at radius 3 is 2.12 bits per heavy atom. The van der Waals surface area contributed by atoms with Gasteiger partial charge < -0.3 is 9.64 Å². The van der Waals surface area contributed by atoms with Crippen molar-refractivity contribution in [3.05, 3.63) is 59.2 Å². The maximum absolute atomic E-state index is 12.4. The van der Waals surface area contributed by atoms with Gasteiger partial charge in [0.1, 0.15) is 0 Å². The molecule has 0 radical (unpaired) electrons. The molecule has 0 aliphatic heterocycles. The number of hydrogen-bond acceptors (Lipinski definition) is 7. The van der Waals surface area contributed by atoms with Gasteiger partial charge in [-0.15, -0.1) is 0 Å². The molecule has 0 saturated heterocycles. The van der Waals surface area contributed by atoms with Gasteiger partial charge in [0.25, 0.3) is 11.8 Å². The highest BCUT2D eigenvalue weighted by Crippen LogP contribution is 2.19. The van der Waals surface area contributed by atoms with Crippen molar-refractivity contribution < 1.29 is 27.5 Å². The van der Waals surface area contributed by atoms with Gasteiger partial charge in [-0.25, -0.2) is 17.5 Å². The Balaban J connectivity index is 1.93. The number of hydrazine groups is 1. The Morgan fingerprint density at radius 2 is 1.56 bits per heavy atom. The van der Waals surface area contributed by atoms with Crippen LogP contribution in [0.4, 0.5) is 5.69 Å². The first-order chi connectivity index (χ1) is 16.0. The predicted octanol–water partition coefficient (Wildman–Crippen LogP) is 1.71. The van der Waals surface area contributed by atoms with Crippen LogP contribution in [0.2, 0.25) is 0 Å². The van der Waals surface area contributed by atoms with E-state index in [2.05, 4.69) is 15.8 Å². The van der Waals surface area contributed by atoms with E-state index in [-0.39, 0.29) is 10.5 Å². The second-order valence-corrected chi connectivity index (χ2v) is 9.71. The third-order valence-corrected chi connectivity index (χ3v) is 6.93. The standard InChI is InChI=1S/C23H30N4O6S/c1-6-27(7-2)18-11-9-17(10-12-18)22(29)25-24-21(28)15-33-23(30)20-14-19(13-8-16(20)3)34(31,32)26(4)5/h8-14H,6-7,15H2,1-5H3,(H,24,28)(H,25,29). The fourth-order valence-electron chi connectivity index (χ4n) is 3.05. The summed E-state index contributed by atoms with van der Waals surface area (Å²) in [4.78, 5) is 38.7. The number of carbonyl (C=O) groups excluding carboxylic acids is 3. The lowest BCUT2D eigenvalue weighted by atomic mass is 10.1. The van der Waals surface area contributed by atoms with E-state index in [9.17, 15) is 22.8 Å². The van der Waals surface area contributed by atoms with Gasteiger partial charge >= 0.3 is 5.97 Å². The molecule has 0 aromatic heterocycles. The molecular weight excluding hydrogens is 460 g/mol. The van der Waals surface area contributed by atoms with E-state index < -0.39 is 34.4 Å². The van der Waals surface area contributed by atoms with Gasteiger partial charge in [-0.2, -0.15) is 0 Å². The van der Waals surface area contributed by atoms with E-state index in [0.29, 0.717) is 11.1 Å². The number of nitrogens with one attached hydrogen (secondary N) is 2. The molecule has 2 aromatic rings. The molecule has 2 rings (SSSR count). The zero-order chi connectivity index (χ0) is 25.5. The first kappa shape index (κ1) is 26.8. The molecule has 0 atom stereocenters. The summed E-state index contributed by atoms with van der Waals surface area (Å²) in [5.41, 5.74) is 6.29. The lowest BCUT2D eigenvalue weighted by molar-refractivity contribution is -0.125. The van der Waals surface area contributed by atoms with Gasteiger partial charge in [0.2, 0.25) is 10.0 Å². The van der Waals surface area contributed by atoms with E-state index >= 15 is 0 Å². The van der Waals surface area contributed by atoms with Crippen LogP contribution < -0.4 is 15.8 Å². The molecule has 10 nitrogen and oxygen atoms in total. The minimum absolute atomic E-state index is 0.0213.